The fraction of sp³-hybridized carbons (Fsp3) is 0.462. The summed E-state index contributed by atoms with van der Waals surface area (Å²) in [5.74, 6) is 0. The molecule has 0 aliphatic heterocycles. The number of halogens is 1. The molecule has 4 nitrogen and oxygen atoms in total. The number of hydrogen-bond donors (Lipinski definition) is 3. The van der Waals surface area contributed by atoms with E-state index in [1.165, 1.54) is 0 Å². The molecule has 0 spiro atoms. The van der Waals surface area contributed by atoms with Crippen molar-refractivity contribution in [3.63, 3.8) is 0 Å². The van der Waals surface area contributed by atoms with Crippen LogP contribution in [-0.4, -0.2) is 23.8 Å². The maximum Gasteiger partial charge on any atom is 0.319 e. The fourth-order valence-corrected chi connectivity index (χ4v) is 2.35. The quantitative estimate of drug-likeness (QED) is 0.800. The lowest BCUT2D eigenvalue weighted by Crippen LogP contribution is -2.31. The Bertz CT molecular complexity index is 410. The number of benzene rings is 1. The van der Waals surface area contributed by atoms with Crippen LogP contribution in [0.1, 0.15) is 24.5 Å². The lowest BCUT2D eigenvalue weighted by atomic mass is 10.1. The summed E-state index contributed by atoms with van der Waals surface area (Å²) >= 11 is 3.42. The van der Waals surface area contributed by atoms with Gasteiger partial charge in [0.15, 0.2) is 0 Å². The van der Waals surface area contributed by atoms with Gasteiger partial charge in [0.2, 0.25) is 0 Å². The van der Waals surface area contributed by atoms with Gasteiger partial charge in [-0.2, -0.15) is 0 Å². The van der Waals surface area contributed by atoms with Gasteiger partial charge in [-0.25, -0.2) is 4.79 Å². The van der Waals surface area contributed by atoms with Crippen molar-refractivity contribution in [3.8, 4) is 0 Å². The number of aliphatic hydroxyl groups excluding tert-OH is 1. The van der Waals surface area contributed by atoms with E-state index >= 15 is 0 Å². The SMILES string of the molecule is Cc1cc(Br)cc(C)c1NC(=O)NCCC(C)O. The van der Waals surface area contributed by atoms with Gasteiger partial charge in [-0.1, -0.05) is 15.9 Å². The van der Waals surface area contributed by atoms with Crippen LogP contribution >= 0.6 is 15.9 Å². The molecule has 0 radical (unpaired) electrons. The van der Waals surface area contributed by atoms with Gasteiger partial charge < -0.3 is 15.7 Å². The van der Waals surface area contributed by atoms with Crippen LogP contribution in [0.4, 0.5) is 10.5 Å². The van der Waals surface area contributed by atoms with Gasteiger partial charge in [0.05, 0.1) is 6.10 Å². The molecule has 0 heterocycles. The maximum atomic E-state index is 11.7. The number of carbonyl (C=O) groups is 1. The van der Waals surface area contributed by atoms with Crippen molar-refractivity contribution in [1.82, 2.24) is 5.32 Å². The number of urea groups is 1. The summed E-state index contributed by atoms with van der Waals surface area (Å²) in [6.45, 7) is 6.05. The van der Waals surface area contributed by atoms with Crippen molar-refractivity contribution in [2.45, 2.75) is 33.3 Å². The predicted octanol–water partition coefficient (Wildman–Crippen LogP) is 2.96. The van der Waals surface area contributed by atoms with Crippen molar-refractivity contribution in [2.75, 3.05) is 11.9 Å². The van der Waals surface area contributed by atoms with Crippen molar-refractivity contribution in [2.24, 2.45) is 0 Å². The normalized spacial score (nSPS) is 12.1. The summed E-state index contributed by atoms with van der Waals surface area (Å²) in [6.07, 6.45) is 0.146. The predicted molar refractivity (Wildman–Crippen MR) is 76.9 cm³/mol. The molecule has 0 aromatic heterocycles. The minimum atomic E-state index is -0.401. The summed E-state index contributed by atoms with van der Waals surface area (Å²) in [6, 6.07) is 3.67. The zero-order chi connectivity index (χ0) is 13.7. The Morgan fingerprint density at radius 2 is 1.94 bits per heavy atom. The minimum Gasteiger partial charge on any atom is -0.393 e. The molecule has 2 amide bonds. The fourth-order valence-electron chi connectivity index (χ4n) is 1.66. The van der Waals surface area contributed by atoms with Gasteiger partial charge in [-0.15, -0.1) is 0 Å². The number of anilines is 1. The first kappa shape index (κ1) is 15.0. The molecule has 0 aliphatic carbocycles. The molecule has 0 saturated heterocycles. The second kappa shape index (κ2) is 6.75. The highest BCUT2D eigenvalue weighted by Gasteiger charge is 2.08. The van der Waals surface area contributed by atoms with E-state index in [4.69, 9.17) is 5.11 Å². The number of amides is 2. The average molecular weight is 315 g/mol. The van der Waals surface area contributed by atoms with Gasteiger partial charge in [-0.05, 0) is 50.5 Å². The summed E-state index contributed by atoms with van der Waals surface area (Å²) in [5.41, 5.74) is 2.84. The second-order valence-corrected chi connectivity index (χ2v) is 5.35. The van der Waals surface area contributed by atoms with Crippen molar-refractivity contribution in [3.05, 3.63) is 27.7 Å². The van der Waals surface area contributed by atoms with Crippen LogP contribution in [0.25, 0.3) is 0 Å². The molecule has 0 saturated carbocycles. The van der Waals surface area contributed by atoms with Gasteiger partial charge in [0.1, 0.15) is 0 Å². The smallest absolute Gasteiger partial charge is 0.319 e. The van der Waals surface area contributed by atoms with Crippen LogP contribution in [0, 0.1) is 13.8 Å². The highest BCUT2D eigenvalue weighted by Crippen LogP contribution is 2.24. The molecule has 0 aliphatic rings. The minimum absolute atomic E-state index is 0.246. The number of rotatable bonds is 4. The van der Waals surface area contributed by atoms with Gasteiger partial charge in [-0.3, -0.25) is 0 Å². The van der Waals surface area contributed by atoms with E-state index in [9.17, 15) is 4.79 Å². The molecule has 1 aromatic rings. The molecular weight excluding hydrogens is 296 g/mol. The summed E-state index contributed by atoms with van der Waals surface area (Å²) in [7, 11) is 0. The number of carbonyl (C=O) groups excluding carboxylic acids is 1. The van der Waals surface area contributed by atoms with Gasteiger partial charge in [0.25, 0.3) is 0 Å². The largest absolute Gasteiger partial charge is 0.393 e. The number of nitrogens with one attached hydrogen (secondary N) is 2. The highest BCUT2D eigenvalue weighted by molar-refractivity contribution is 9.10. The van der Waals surface area contributed by atoms with Crippen molar-refractivity contribution in [1.29, 1.82) is 0 Å². The highest BCUT2D eigenvalue weighted by atomic mass is 79.9. The maximum absolute atomic E-state index is 11.7. The number of aryl methyl sites for hydroxylation is 2. The Balaban J connectivity index is 2.59. The zero-order valence-electron chi connectivity index (χ0n) is 10.9. The summed E-state index contributed by atoms with van der Waals surface area (Å²) in [5, 5.41) is 14.6. The van der Waals surface area contributed by atoms with Crippen LogP contribution in [0.5, 0.6) is 0 Å². The van der Waals surface area contributed by atoms with Crippen LogP contribution in [0.3, 0.4) is 0 Å². The zero-order valence-corrected chi connectivity index (χ0v) is 12.5. The van der Waals surface area contributed by atoms with Crippen LogP contribution in [0.2, 0.25) is 0 Å². The van der Waals surface area contributed by atoms with E-state index in [-0.39, 0.29) is 6.03 Å². The number of aliphatic hydroxyl groups is 1. The van der Waals surface area contributed by atoms with Crippen molar-refractivity contribution < 1.29 is 9.90 Å². The van der Waals surface area contributed by atoms with E-state index in [0.29, 0.717) is 13.0 Å². The molecule has 1 atom stereocenters. The first-order chi connectivity index (χ1) is 8.40. The molecule has 3 N–H and O–H groups in total. The number of hydrogen-bond acceptors (Lipinski definition) is 2. The molecule has 0 fully saturated rings. The first-order valence-electron chi connectivity index (χ1n) is 5.90. The molecule has 1 aromatic carbocycles. The van der Waals surface area contributed by atoms with Crippen LogP contribution in [-0.2, 0) is 0 Å². The van der Waals surface area contributed by atoms with Crippen molar-refractivity contribution >= 4 is 27.6 Å². The first-order valence-corrected chi connectivity index (χ1v) is 6.69. The molecule has 1 rings (SSSR count). The van der Waals surface area contributed by atoms with Gasteiger partial charge >= 0.3 is 6.03 Å². The second-order valence-electron chi connectivity index (χ2n) is 4.43. The average Bonchev–Trinajstić information content (AvgIpc) is 2.22. The lowest BCUT2D eigenvalue weighted by molar-refractivity contribution is 0.184. The molecular formula is C13H19BrN2O2. The van der Waals surface area contributed by atoms with E-state index in [2.05, 4.69) is 26.6 Å². The molecule has 5 heteroatoms. The Kier molecular flexibility index (Phi) is 5.62. The van der Waals surface area contributed by atoms with E-state index in [1.807, 2.05) is 26.0 Å². The Morgan fingerprint density at radius 1 is 1.39 bits per heavy atom. The van der Waals surface area contributed by atoms with E-state index < -0.39 is 6.10 Å². The Morgan fingerprint density at radius 3 is 2.44 bits per heavy atom. The third-order valence-electron chi connectivity index (χ3n) is 2.58. The standard InChI is InChI=1S/C13H19BrN2O2/c1-8-6-11(14)7-9(2)12(8)16-13(18)15-5-4-10(3)17/h6-7,10,17H,4-5H2,1-3H3,(H2,15,16,18). The topological polar surface area (TPSA) is 61.4 Å². The third kappa shape index (κ3) is 4.66. The lowest BCUT2D eigenvalue weighted by Gasteiger charge is -2.13. The summed E-state index contributed by atoms with van der Waals surface area (Å²) in [4.78, 5) is 11.7. The monoisotopic (exact) mass is 314 g/mol. The van der Waals surface area contributed by atoms with Gasteiger partial charge in [0, 0.05) is 16.7 Å². The van der Waals surface area contributed by atoms with E-state index in [1.54, 1.807) is 6.92 Å². The summed E-state index contributed by atoms with van der Waals surface area (Å²) < 4.78 is 0.998. The molecule has 0 bridgehead atoms. The van der Waals surface area contributed by atoms with Crippen LogP contribution in [0.15, 0.2) is 16.6 Å². The van der Waals surface area contributed by atoms with E-state index in [0.717, 1.165) is 21.3 Å². The molecule has 18 heavy (non-hydrogen) atoms. The molecule has 100 valence electrons. The third-order valence-corrected chi connectivity index (χ3v) is 3.04. The Labute approximate surface area is 116 Å². The van der Waals surface area contributed by atoms with Crippen LogP contribution < -0.4 is 10.6 Å². The molecule has 1 unspecified atom stereocenters. The Hall–Kier alpha value is -1.07.